The largest absolute Gasteiger partial charge is 0.368 e. The normalized spacial score (nSPS) is 25.0. The number of hydrogen-bond donors (Lipinski definition) is 2. The Hall–Kier alpha value is -0.610. The van der Waals surface area contributed by atoms with Crippen molar-refractivity contribution in [3.63, 3.8) is 0 Å². The van der Waals surface area contributed by atoms with Gasteiger partial charge in [0.1, 0.15) is 0 Å². The second-order valence-corrected chi connectivity index (χ2v) is 6.66. The number of amides is 1. The maximum Gasteiger partial charge on any atom is 0.237 e. The summed E-state index contributed by atoms with van der Waals surface area (Å²) in [7, 11) is 0. The standard InChI is InChI=1S/C15H31N3O/c1-12(2)13-6-4-9-18(11-7-13)10-5-8-15(3,17)14(16)19/h12-13H,4-11,17H2,1-3H3,(H2,16,19). The Morgan fingerprint density at radius 3 is 2.63 bits per heavy atom. The van der Waals surface area contributed by atoms with Gasteiger partial charge in [0.2, 0.25) is 5.91 Å². The predicted molar refractivity (Wildman–Crippen MR) is 79.6 cm³/mol. The first-order valence-corrected chi connectivity index (χ1v) is 7.64. The van der Waals surface area contributed by atoms with Crippen LogP contribution in [0.25, 0.3) is 0 Å². The summed E-state index contributed by atoms with van der Waals surface area (Å²) in [5.41, 5.74) is 10.3. The smallest absolute Gasteiger partial charge is 0.237 e. The molecule has 2 atom stereocenters. The molecule has 0 aromatic heterocycles. The van der Waals surface area contributed by atoms with Gasteiger partial charge in [0.15, 0.2) is 0 Å². The minimum atomic E-state index is -0.855. The second kappa shape index (κ2) is 7.25. The average molecular weight is 269 g/mol. The Labute approximate surface area is 117 Å². The Morgan fingerprint density at radius 1 is 1.37 bits per heavy atom. The number of carbonyl (C=O) groups excluding carboxylic acids is 1. The highest BCUT2D eigenvalue weighted by molar-refractivity contribution is 5.83. The molecule has 0 bridgehead atoms. The van der Waals surface area contributed by atoms with E-state index in [1.165, 1.54) is 32.4 Å². The summed E-state index contributed by atoms with van der Waals surface area (Å²) in [5.74, 6) is 1.26. The lowest BCUT2D eigenvalue weighted by atomic mass is 9.89. The molecule has 1 fully saturated rings. The van der Waals surface area contributed by atoms with Gasteiger partial charge in [-0.15, -0.1) is 0 Å². The lowest BCUT2D eigenvalue weighted by Crippen LogP contribution is -2.49. The number of nitrogens with zero attached hydrogens (tertiary/aromatic N) is 1. The van der Waals surface area contributed by atoms with E-state index < -0.39 is 11.4 Å². The van der Waals surface area contributed by atoms with Crippen LogP contribution in [0.2, 0.25) is 0 Å². The molecule has 4 nitrogen and oxygen atoms in total. The van der Waals surface area contributed by atoms with Crippen molar-refractivity contribution in [3.05, 3.63) is 0 Å². The first-order valence-electron chi connectivity index (χ1n) is 7.64. The monoisotopic (exact) mass is 269 g/mol. The quantitative estimate of drug-likeness (QED) is 0.771. The van der Waals surface area contributed by atoms with Crippen molar-refractivity contribution in [3.8, 4) is 0 Å². The van der Waals surface area contributed by atoms with Gasteiger partial charge in [-0.1, -0.05) is 13.8 Å². The van der Waals surface area contributed by atoms with E-state index in [2.05, 4.69) is 18.7 Å². The highest BCUT2D eigenvalue weighted by atomic mass is 16.1. The summed E-state index contributed by atoms with van der Waals surface area (Å²) in [4.78, 5) is 13.7. The number of carbonyl (C=O) groups is 1. The summed E-state index contributed by atoms with van der Waals surface area (Å²) < 4.78 is 0. The summed E-state index contributed by atoms with van der Waals surface area (Å²) in [6.45, 7) is 9.78. The van der Waals surface area contributed by atoms with Gasteiger partial charge in [-0.2, -0.15) is 0 Å². The van der Waals surface area contributed by atoms with E-state index >= 15 is 0 Å². The van der Waals surface area contributed by atoms with Gasteiger partial charge in [0, 0.05) is 0 Å². The highest BCUT2D eigenvalue weighted by Crippen LogP contribution is 2.24. The van der Waals surface area contributed by atoms with Gasteiger partial charge in [-0.3, -0.25) is 4.79 Å². The fourth-order valence-corrected chi connectivity index (χ4v) is 2.86. The zero-order chi connectivity index (χ0) is 14.5. The van der Waals surface area contributed by atoms with E-state index in [1.54, 1.807) is 6.92 Å². The molecule has 0 aromatic carbocycles. The first kappa shape index (κ1) is 16.4. The lowest BCUT2D eigenvalue weighted by molar-refractivity contribution is -0.122. The fraction of sp³-hybridized carbons (Fsp3) is 0.933. The zero-order valence-electron chi connectivity index (χ0n) is 12.8. The number of hydrogen-bond acceptors (Lipinski definition) is 3. The molecule has 1 aliphatic heterocycles. The lowest BCUT2D eigenvalue weighted by Gasteiger charge is -2.24. The molecule has 1 saturated heterocycles. The Kier molecular flexibility index (Phi) is 6.27. The van der Waals surface area contributed by atoms with E-state index in [4.69, 9.17) is 11.5 Å². The molecule has 0 aliphatic carbocycles. The zero-order valence-corrected chi connectivity index (χ0v) is 12.8. The molecule has 19 heavy (non-hydrogen) atoms. The van der Waals surface area contributed by atoms with Gasteiger partial charge in [-0.25, -0.2) is 0 Å². The van der Waals surface area contributed by atoms with E-state index in [1.807, 2.05) is 0 Å². The van der Waals surface area contributed by atoms with Crippen molar-refractivity contribution in [1.29, 1.82) is 0 Å². The molecule has 1 rings (SSSR count). The molecule has 4 N–H and O–H groups in total. The highest BCUT2D eigenvalue weighted by Gasteiger charge is 2.25. The summed E-state index contributed by atoms with van der Waals surface area (Å²) in [6.07, 6.45) is 5.56. The second-order valence-electron chi connectivity index (χ2n) is 6.66. The summed E-state index contributed by atoms with van der Waals surface area (Å²) in [6, 6.07) is 0. The van der Waals surface area contributed by atoms with Crippen LogP contribution < -0.4 is 11.5 Å². The van der Waals surface area contributed by atoms with Gasteiger partial charge in [0.05, 0.1) is 5.54 Å². The molecule has 1 aliphatic rings. The van der Waals surface area contributed by atoms with E-state index in [0.29, 0.717) is 6.42 Å². The number of likely N-dealkylation sites (tertiary alicyclic amines) is 1. The molecule has 0 radical (unpaired) electrons. The van der Waals surface area contributed by atoms with Crippen molar-refractivity contribution in [2.45, 2.75) is 58.4 Å². The first-order chi connectivity index (χ1) is 8.83. The van der Waals surface area contributed by atoms with Crippen molar-refractivity contribution in [2.24, 2.45) is 23.3 Å². The van der Waals surface area contributed by atoms with Gasteiger partial charge >= 0.3 is 0 Å². The van der Waals surface area contributed by atoms with Gasteiger partial charge in [0.25, 0.3) is 0 Å². The van der Waals surface area contributed by atoms with Gasteiger partial charge in [-0.05, 0) is 70.5 Å². The Balaban J connectivity index is 2.29. The van der Waals surface area contributed by atoms with Crippen molar-refractivity contribution >= 4 is 5.91 Å². The van der Waals surface area contributed by atoms with Crippen LogP contribution in [-0.2, 0) is 4.79 Å². The van der Waals surface area contributed by atoms with Crippen LogP contribution >= 0.6 is 0 Å². The van der Waals surface area contributed by atoms with Crippen molar-refractivity contribution < 1.29 is 4.79 Å². The number of primary amides is 1. The molecular formula is C15H31N3O. The molecule has 1 amide bonds. The Morgan fingerprint density at radius 2 is 2.05 bits per heavy atom. The number of nitrogens with two attached hydrogens (primary N) is 2. The summed E-state index contributed by atoms with van der Waals surface area (Å²) >= 11 is 0. The molecule has 0 aromatic rings. The molecule has 2 unspecified atom stereocenters. The third-order valence-electron chi connectivity index (χ3n) is 4.54. The van der Waals surface area contributed by atoms with Crippen LogP contribution in [0.15, 0.2) is 0 Å². The molecule has 0 saturated carbocycles. The minimum Gasteiger partial charge on any atom is -0.368 e. The van der Waals surface area contributed by atoms with Crippen molar-refractivity contribution in [2.75, 3.05) is 19.6 Å². The van der Waals surface area contributed by atoms with Crippen LogP contribution in [0.3, 0.4) is 0 Å². The van der Waals surface area contributed by atoms with Crippen molar-refractivity contribution in [1.82, 2.24) is 4.90 Å². The third kappa shape index (κ3) is 5.49. The fourth-order valence-electron chi connectivity index (χ4n) is 2.86. The van der Waals surface area contributed by atoms with Crippen LogP contribution in [0.1, 0.15) is 52.9 Å². The summed E-state index contributed by atoms with van der Waals surface area (Å²) in [5, 5.41) is 0. The maximum absolute atomic E-state index is 11.2. The predicted octanol–water partition coefficient (Wildman–Crippen LogP) is 1.73. The van der Waals surface area contributed by atoms with E-state index in [0.717, 1.165) is 24.8 Å². The van der Waals surface area contributed by atoms with Crippen LogP contribution in [0, 0.1) is 11.8 Å². The SMILES string of the molecule is CC(C)C1CCCN(CCCC(C)(N)C(N)=O)CC1. The maximum atomic E-state index is 11.2. The van der Waals surface area contributed by atoms with Crippen LogP contribution in [0.4, 0.5) is 0 Å². The molecular weight excluding hydrogens is 238 g/mol. The van der Waals surface area contributed by atoms with Crippen LogP contribution in [0.5, 0.6) is 0 Å². The topological polar surface area (TPSA) is 72.3 Å². The van der Waals surface area contributed by atoms with E-state index in [9.17, 15) is 4.79 Å². The average Bonchev–Trinajstić information content (AvgIpc) is 2.54. The Bertz CT molecular complexity index is 289. The molecule has 0 spiro atoms. The molecule has 4 heteroatoms. The number of rotatable bonds is 6. The van der Waals surface area contributed by atoms with Gasteiger partial charge < -0.3 is 16.4 Å². The third-order valence-corrected chi connectivity index (χ3v) is 4.54. The minimum absolute atomic E-state index is 0.400. The van der Waals surface area contributed by atoms with E-state index in [-0.39, 0.29) is 0 Å². The van der Waals surface area contributed by atoms with Crippen LogP contribution in [-0.4, -0.2) is 36.0 Å². The molecule has 112 valence electrons. The molecule has 1 heterocycles.